The van der Waals surface area contributed by atoms with Gasteiger partial charge in [0.15, 0.2) is 0 Å². The number of nitrogens with one attached hydrogen (secondary N) is 1. The Morgan fingerprint density at radius 3 is 1.22 bits per heavy atom. The molecule has 0 spiro atoms. The smallest absolute Gasteiger partial charge is 0.305 e. The van der Waals surface area contributed by atoms with Crippen molar-refractivity contribution in [1.82, 2.24) is 5.32 Å². The first-order valence-corrected chi connectivity index (χ1v) is 28.8. The van der Waals surface area contributed by atoms with E-state index in [9.17, 15) is 19.8 Å². The summed E-state index contributed by atoms with van der Waals surface area (Å²) in [4.78, 5) is 24.5. The zero-order chi connectivity index (χ0) is 47.2. The lowest BCUT2D eigenvalue weighted by Gasteiger charge is -2.20. The van der Waals surface area contributed by atoms with Gasteiger partial charge in [-0.25, -0.2) is 0 Å². The molecule has 0 aromatic rings. The second kappa shape index (κ2) is 54.7. The maximum absolute atomic E-state index is 12.4. The minimum absolute atomic E-state index is 0.00231. The van der Waals surface area contributed by atoms with E-state index in [1.54, 1.807) is 6.08 Å². The predicted molar refractivity (Wildman–Crippen MR) is 283 cm³/mol. The molecule has 2 atom stereocenters. The molecule has 0 saturated carbocycles. The molecule has 6 heteroatoms. The lowest BCUT2D eigenvalue weighted by molar-refractivity contribution is -0.143. The van der Waals surface area contributed by atoms with Gasteiger partial charge in [-0.05, 0) is 57.8 Å². The van der Waals surface area contributed by atoms with Gasteiger partial charge in [-0.2, -0.15) is 0 Å². The molecule has 3 N–H and O–H groups in total. The fourth-order valence-electron chi connectivity index (χ4n) is 8.71. The molecule has 0 saturated heterocycles. The molecule has 0 radical (unpaired) electrons. The summed E-state index contributed by atoms with van der Waals surface area (Å²) >= 11 is 0. The summed E-state index contributed by atoms with van der Waals surface area (Å²) in [5.74, 6) is -0.0713. The van der Waals surface area contributed by atoms with Crippen molar-refractivity contribution in [2.45, 2.75) is 315 Å². The molecule has 65 heavy (non-hydrogen) atoms. The molecule has 0 aromatic carbocycles. The fraction of sp³-hybridized carbons (Fsp3) is 0.864. The molecule has 0 aliphatic carbocycles. The summed E-state index contributed by atoms with van der Waals surface area (Å²) in [6.07, 6.45) is 67.4. The van der Waals surface area contributed by atoms with E-state index in [-0.39, 0.29) is 18.5 Å². The first-order chi connectivity index (χ1) is 32.0. The molecule has 0 bridgehead atoms. The monoisotopic (exact) mass is 914 g/mol. The highest BCUT2D eigenvalue weighted by atomic mass is 16.5. The number of hydrogen-bond acceptors (Lipinski definition) is 5. The van der Waals surface area contributed by atoms with Crippen LogP contribution in [0.5, 0.6) is 0 Å². The van der Waals surface area contributed by atoms with Gasteiger partial charge in [0.25, 0.3) is 0 Å². The van der Waals surface area contributed by atoms with E-state index in [2.05, 4.69) is 43.5 Å². The molecule has 0 aliphatic heterocycles. The average molecular weight is 915 g/mol. The summed E-state index contributed by atoms with van der Waals surface area (Å²) in [7, 11) is 0. The highest BCUT2D eigenvalue weighted by Gasteiger charge is 2.18. The third-order valence-electron chi connectivity index (χ3n) is 13.2. The summed E-state index contributed by atoms with van der Waals surface area (Å²) in [6, 6.07) is -0.627. The van der Waals surface area contributed by atoms with E-state index in [1.807, 2.05) is 6.08 Å². The van der Waals surface area contributed by atoms with Crippen LogP contribution < -0.4 is 5.32 Å². The summed E-state index contributed by atoms with van der Waals surface area (Å²) in [5, 5.41) is 23.0. The molecule has 1 amide bonds. The number of amides is 1. The number of carbonyl (C=O) groups is 2. The maximum atomic E-state index is 12.4. The highest BCUT2D eigenvalue weighted by Crippen LogP contribution is 2.17. The van der Waals surface area contributed by atoms with Gasteiger partial charge in [0.1, 0.15) is 0 Å². The van der Waals surface area contributed by atoms with Crippen molar-refractivity contribution in [2.75, 3.05) is 13.2 Å². The molecule has 0 fully saturated rings. The van der Waals surface area contributed by atoms with Crippen molar-refractivity contribution in [2.24, 2.45) is 0 Å². The standard InChI is InChI=1S/C59H111NO5/c1-3-5-7-9-11-13-15-17-29-33-37-41-45-49-53-59(64)65-54-50-46-42-38-34-30-27-25-23-21-19-18-20-22-24-26-28-32-36-40-44-48-52-58(63)60-56(55-61)57(62)51-47-43-39-35-31-16-14-12-10-8-6-4-2/h9,11,15,17,47,51,56-57,61-62H,3-8,10,12-14,16,18-46,48-50,52-55H2,1-2H3,(H,60,63)/b11-9-,17-15-,51-47+. The first kappa shape index (κ1) is 63.1. The largest absolute Gasteiger partial charge is 0.466 e. The van der Waals surface area contributed by atoms with Crippen molar-refractivity contribution in [3.05, 3.63) is 36.5 Å². The van der Waals surface area contributed by atoms with E-state index >= 15 is 0 Å². The number of aliphatic hydroxyl groups excluding tert-OH is 2. The maximum Gasteiger partial charge on any atom is 0.305 e. The van der Waals surface area contributed by atoms with Gasteiger partial charge in [0, 0.05) is 12.8 Å². The van der Waals surface area contributed by atoms with Crippen LogP contribution in [0.2, 0.25) is 0 Å². The van der Waals surface area contributed by atoms with Crippen LogP contribution in [0.3, 0.4) is 0 Å². The Hall–Kier alpha value is -1.92. The van der Waals surface area contributed by atoms with Gasteiger partial charge in [0.2, 0.25) is 5.91 Å². The van der Waals surface area contributed by atoms with Gasteiger partial charge >= 0.3 is 5.97 Å². The van der Waals surface area contributed by atoms with Crippen molar-refractivity contribution >= 4 is 11.9 Å². The lowest BCUT2D eigenvalue weighted by atomic mass is 10.0. The van der Waals surface area contributed by atoms with Crippen LogP contribution in [0.25, 0.3) is 0 Å². The lowest BCUT2D eigenvalue weighted by Crippen LogP contribution is -2.45. The summed E-state index contributed by atoms with van der Waals surface area (Å²) < 4.78 is 5.47. The summed E-state index contributed by atoms with van der Waals surface area (Å²) in [6.45, 7) is 4.85. The van der Waals surface area contributed by atoms with Crippen molar-refractivity contribution in [1.29, 1.82) is 0 Å². The van der Waals surface area contributed by atoms with Crippen LogP contribution in [-0.4, -0.2) is 47.4 Å². The van der Waals surface area contributed by atoms with Crippen LogP contribution in [0, 0.1) is 0 Å². The van der Waals surface area contributed by atoms with Gasteiger partial charge in [0.05, 0.1) is 25.4 Å². The summed E-state index contributed by atoms with van der Waals surface area (Å²) in [5.41, 5.74) is 0. The number of aliphatic hydroxyl groups is 2. The average Bonchev–Trinajstić information content (AvgIpc) is 3.31. The molecule has 382 valence electrons. The Morgan fingerprint density at radius 1 is 0.431 bits per heavy atom. The van der Waals surface area contributed by atoms with Crippen LogP contribution in [0.4, 0.5) is 0 Å². The normalized spacial score (nSPS) is 12.9. The predicted octanol–water partition coefficient (Wildman–Crippen LogP) is 17.6. The number of ether oxygens (including phenoxy) is 1. The van der Waals surface area contributed by atoms with Gasteiger partial charge in [-0.3, -0.25) is 9.59 Å². The minimum Gasteiger partial charge on any atom is -0.466 e. The molecule has 0 aliphatic rings. The number of carbonyl (C=O) groups excluding carboxylic acids is 2. The fourth-order valence-corrected chi connectivity index (χ4v) is 8.71. The van der Waals surface area contributed by atoms with E-state index in [4.69, 9.17) is 4.74 Å². The Kier molecular flexibility index (Phi) is 53.1. The Morgan fingerprint density at radius 2 is 0.785 bits per heavy atom. The Labute approximate surface area is 404 Å². The number of allylic oxidation sites excluding steroid dienone is 5. The highest BCUT2D eigenvalue weighted by molar-refractivity contribution is 5.76. The Bertz CT molecular complexity index is 1060. The van der Waals surface area contributed by atoms with Gasteiger partial charge < -0.3 is 20.3 Å². The van der Waals surface area contributed by atoms with Gasteiger partial charge in [-0.1, -0.05) is 269 Å². The number of esters is 1. The molecular weight excluding hydrogens is 803 g/mol. The third kappa shape index (κ3) is 51.3. The van der Waals surface area contributed by atoms with Gasteiger partial charge in [-0.15, -0.1) is 0 Å². The van der Waals surface area contributed by atoms with Crippen LogP contribution in [0.15, 0.2) is 36.5 Å². The molecular formula is C59H111NO5. The second-order valence-electron chi connectivity index (χ2n) is 19.6. The quantitative estimate of drug-likeness (QED) is 0.0321. The van der Waals surface area contributed by atoms with E-state index < -0.39 is 12.1 Å². The van der Waals surface area contributed by atoms with Crippen molar-refractivity contribution in [3.8, 4) is 0 Å². The van der Waals surface area contributed by atoms with Crippen LogP contribution >= 0.6 is 0 Å². The van der Waals surface area contributed by atoms with Crippen molar-refractivity contribution in [3.63, 3.8) is 0 Å². The number of hydrogen-bond donors (Lipinski definition) is 3. The van der Waals surface area contributed by atoms with Crippen molar-refractivity contribution < 1.29 is 24.5 Å². The van der Waals surface area contributed by atoms with E-state index in [0.29, 0.717) is 19.4 Å². The second-order valence-corrected chi connectivity index (χ2v) is 19.6. The minimum atomic E-state index is -0.843. The Balaban J connectivity index is 3.39. The molecule has 6 nitrogen and oxygen atoms in total. The zero-order valence-corrected chi connectivity index (χ0v) is 43.5. The molecule has 0 aromatic heterocycles. The number of unbranched alkanes of at least 4 members (excludes halogenated alkanes) is 38. The van der Waals surface area contributed by atoms with E-state index in [0.717, 1.165) is 51.4 Å². The third-order valence-corrected chi connectivity index (χ3v) is 13.2. The topological polar surface area (TPSA) is 95.9 Å². The number of rotatable bonds is 53. The molecule has 0 heterocycles. The van der Waals surface area contributed by atoms with Crippen LogP contribution in [-0.2, 0) is 14.3 Å². The SMILES string of the molecule is CCCC/C=C\C/C=C\CCCCCCCC(=O)OCCCCCCCCCCCCCCCCCCCCCCCCC(=O)NC(CO)C(O)/C=C/CCCCCCCCCCCC. The molecule has 0 rings (SSSR count). The van der Waals surface area contributed by atoms with E-state index in [1.165, 1.54) is 225 Å². The van der Waals surface area contributed by atoms with Crippen LogP contribution in [0.1, 0.15) is 303 Å². The zero-order valence-electron chi connectivity index (χ0n) is 43.5. The molecule has 2 unspecified atom stereocenters. The first-order valence-electron chi connectivity index (χ1n) is 28.8.